The smallest absolute Gasteiger partial charge is 0.394 e. The summed E-state index contributed by atoms with van der Waals surface area (Å²) in [6, 6.07) is -0.505. The van der Waals surface area contributed by atoms with Gasteiger partial charge in [0.15, 0.2) is 0 Å². The van der Waals surface area contributed by atoms with Gasteiger partial charge in [-0.3, -0.25) is 14.5 Å². The minimum atomic E-state index is -4.61. The molecule has 0 radical (unpaired) electrons. The zero-order valence-electron chi connectivity index (χ0n) is 13.2. The zero-order chi connectivity index (χ0) is 17.2. The van der Waals surface area contributed by atoms with Gasteiger partial charge >= 0.3 is 12.1 Å². The first-order valence-electron chi connectivity index (χ1n) is 8.04. The predicted molar refractivity (Wildman–Crippen MR) is 76.8 cm³/mol. The molecule has 1 amide bonds. The van der Waals surface area contributed by atoms with Gasteiger partial charge in [0, 0.05) is 13.1 Å². The van der Waals surface area contributed by atoms with E-state index in [4.69, 9.17) is 5.11 Å². The first-order valence-corrected chi connectivity index (χ1v) is 8.04. The van der Waals surface area contributed by atoms with Gasteiger partial charge in [-0.05, 0) is 32.9 Å². The third-order valence-corrected chi connectivity index (χ3v) is 4.91. The summed E-state index contributed by atoms with van der Waals surface area (Å²) >= 11 is 0. The van der Waals surface area contributed by atoms with Gasteiger partial charge < -0.3 is 10.0 Å². The second kappa shape index (κ2) is 7.07. The molecule has 8 heteroatoms. The number of carbonyl (C=O) groups excluding carboxylic acids is 1. The zero-order valence-corrected chi connectivity index (χ0v) is 13.2. The van der Waals surface area contributed by atoms with E-state index in [1.807, 2.05) is 4.90 Å². The number of halogens is 3. The van der Waals surface area contributed by atoms with Crippen molar-refractivity contribution in [3.8, 4) is 0 Å². The summed E-state index contributed by atoms with van der Waals surface area (Å²) in [5.41, 5.74) is 0. The summed E-state index contributed by atoms with van der Waals surface area (Å²) in [5.74, 6) is -5.45. The monoisotopic (exact) mass is 336 g/mol. The average molecular weight is 336 g/mol. The van der Waals surface area contributed by atoms with Crippen molar-refractivity contribution in [1.82, 2.24) is 9.80 Å². The molecule has 0 aromatic carbocycles. The molecule has 2 heterocycles. The lowest BCUT2D eigenvalue weighted by Crippen LogP contribution is -2.47. The highest BCUT2D eigenvalue weighted by Gasteiger charge is 2.53. The van der Waals surface area contributed by atoms with Crippen LogP contribution in [0.1, 0.15) is 32.6 Å². The number of carboxylic acid groups (broad SMARTS) is 1. The van der Waals surface area contributed by atoms with Gasteiger partial charge in [-0.25, -0.2) is 0 Å². The lowest BCUT2D eigenvalue weighted by atomic mass is 9.96. The Kier molecular flexibility index (Phi) is 5.54. The van der Waals surface area contributed by atoms with Crippen LogP contribution in [0.3, 0.4) is 0 Å². The van der Waals surface area contributed by atoms with E-state index in [9.17, 15) is 22.8 Å². The Morgan fingerprint density at radius 2 is 1.65 bits per heavy atom. The van der Waals surface area contributed by atoms with Crippen molar-refractivity contribution in [2.24, 2.45) is 11.8 Å². The molecule has 2 aliphatic heterocycles. The maximum Gasteiger partial charge on any atom is 0.394 e. The molecular weight excluding hydrogens is 313 g/mol. The van der Waals surface area contributed by atoms with Gasteiger partial charge in [-0.1, -0.05) is 12.8 Å². The number of likely N-dealkylation sites (tertiary alicyclic amines) is 2. The summed E-state index contributed by atoms with van der Waals surface area (Å²) in [6.07, 6.45) is -0.470. The van der Waals surface area contributed by atoms with Crippen molar-refractivity contribution < 1.29 is 27.9 Å². The molecule has 0 aromatic rings. The topological polar surface area (TPSA) is 60.9 Å². The fraction of sp³-hybridized carbons (Fsp3) is 0.867. The number of rotatable bonds is 3. The number of carboxylic acids is 1. The first kappa shape index (κ1) is 18.0. The molecule has 2 saturated heterocycles. The van der Waals surface area contributed by atoms with E-state index >= 15 is 0 Å². The number of hydrogen-bond acceptors (Lipinski definition) is 3. The SMILES string of the molecule is CC(C(=O)N1C[C@@H](C(F)(F)F)[C@H](C(=O)O)C1)N1CCCCCC1. The van der Waals surface area contributed by atoms with Gasteiger partial charge in [0.25, 0.3) is 0 Å². The Bertz CT molecular complexity index is 448. The van der Waals surface area contributed by atoms with Crippen LogP contribution in [0.4, 0.5) is 13.2 Å². The van der Waals surface area contributed by atoms with E-state index in [-0.39, 0.29) is 6.54 Å². The maximum absolute atomic E-state index is 13.0. The lowest BCUT2D eigenvalue weighted by Gasteiger charge is -2.30. The molecule has 2 rings (SSSR count). The van der Waals surface area contributed by atoms with Crippen LogP contribution >= 0.6 is 0 Å². The minimum absolute atomic E-state index is 0.365. The summed E-state index contributed by atoms with van der Waals surface area (Å²) in [6.45, 7) is 2.29. The normalized spacial score (nSPS) is 28.4. The third kappa shape index (κ3) is 4.16. The highest BCUT2D eigenvalue weighted by Crippen LogP contribution is 2.38. The molecule has 0 aromatic heterocycles. The van der Waals surface area contributed by atoms with Gasteiger partial charge in [0.05, 0.1) is 17.9 Å². The van der Waals surface area contributed by atoms with Crippen LogP contribution in [0, 0.1) is 11.8 Å². The van der Waals surface area contributed by atoms with Crippen molar-refractivity contribution >= 4 is 11.9 Å². The molecule has 3 atom stereocenters. The highest BCUT2D eigenvalue weighted by molar-refractivity contribution is 5.83. The quantitative estimate of drug-likeness (QED) is 0.856. The number of hydrogen-bond donors (Lipinski definition) is 1. The molecule has 5 nitrogen and oxygen atoms in total. The van der Waals surface area contributed by atoms with E-state index in [0.29, 0.717) is 0 Å². The fourth-order valence-electron chi connectivity index (χ4n) is 3.47. The maximum atomic E-state index is 13.0. The molecule has 132 valence electrons. The largest absolute Gasteiger partial charge is 0.481 e. The third-order valence-electron chi connectivity index (χ3n) is 4.91. The molecule has 0 aliphatic carbocycles. The van der Waals surface area contributed by atoms with Crippen molar-refractivity contribution in [2.75, 3.05) is 26.2 Å². The summed E-state index contributed by atoms with van der Waals surface area (Å²) < 4.78 is 39.0. The minimum Gasteiger partial charge on any atom is -0.481 e. The van der Waals surface area contributed by atoms with Crippen LogP contribution in [0.25, 0.3) is 0 Å². The van der Waals surface area contributed by atoms with E-state index < -0.39 is 42.5 Å². The van der Waals surface area contributed by atoms with Crippen LogP contribution in [-0.4, -0.2) is 65.2 Å². The Hall–Kier alpha value is -1.31. The van der Waals surface area contributed by atoms with Crippen LogP contribution in [0.15, 0.2) is 0 Å². The fourth-order valence-corrected chi connectivity index (χ4v) is 3.47. The van der Waals surface area contributed by atoms with Crippen LogP contribution in [0.5, 0.6) is 0 Å². The standard InChI is InChI=1S/C15H23F3N2O3/c1-10(19-6-4-2-3-5-7-19)13(21)20-8-11(14(22)23)12(9-20)15(16,17)18/h10-12H,2-9H2,1H3,(H,22,23)/t10?,11-,12-/m1/s1. The van der Waals surface area contributed by atoms with E-state index in [1.165, 1.54) is 0 Å². The van der Waals surface area contributed by atoms with Gasteiger partial charge in [-0.15, -0.1) is 0 Å². The number of alkyl halides is 3. The Morgan fingerprint density at radius 3 is 2.09 bits per heavy atom. The Balaban J connectivity index is 2.05. The summed E-state index contributed by atoms with van der Waals surface area (Å²) in [7, 11) is 0. The van der Waals surface area contributed by atoms with Crippen LogP contribution in [0.2, 0.25) is 0 Å². The molecule has 1 N–H and O–H groups in total. The molecule has 2 aliphatic rings. The Morgan fingerprint density at radius 1 is 1.09 bits per heavy atom. The second-order valence-electron chi connectivity index (χ2n) is 6.46. The van der Waals surface area contributed by atoms with Gasteiger partial charge in [0.1, 0.15) is 0 Å². The molecular formula is C15H23F3N2O3. The molecule has 23 heavy (non-hydrogen) atoms. The van der Waals surface area contributed by atoms with E-state index in [2.05, 4.69) is 0 Å². The summed E-state index contributed by atoms with van der Waals surface area (Å²) in [5, 5.41) is 9.02. The number of carbonyl (C=O) groups is 2. The Labute approximate surface area is 133 Å². The second-order valence-corrected chi connectivity index (χ2v) is 6.46. The van der Waals surface area contributed by atoms with Crippen LogP contribution < -0.4 is 0 Å². The number of aliphatic carboxylic acids is 1. The van der Waals surface area contributed by atoms with Crippen molar-refractivity contribution in [2.45, 2.75) is 44.8 Å². The highest BCUT2D eigenvalue weighted by atomic mass is 19.4. The van der Waals surface area contributed by atoms with Crippen molar-refractivity contribution in [3.05, 3.63) is 0 Å². The lowest BCUT2D eigenvalue weighted by molar-refractivity contribution is -0.188. The summed E-state index contributed by atoms with van der Waals surface area (Å²) in [4.78, 5) is 26.7. The first-order chi connectivity index (χ1) is 10.7. The molecule has 0 saturated carbocycles. The van der Waals surface area contributed by atoms with Crippen molar-refractivity contribution in [1.29, 1.82) is 0 Å². The van der Waals surface area contributed by atoms with Gasteiger partial charge in [0.2, 0.25) is 5.91 Å². The molecule has 2 fully saturated rings. The average Bonchev–Trinajstić information content (AvgIpc) is 2.76. The molecule has 1 unspecified atom stereocenters. The van der Waals surface area contributed by atoms with E-state index in [0.717, 1.165) is 43.7 Å². The van der Waals surface area contributed by atoms with Crippen LogP contribution in [-0.2, 0) is 9.59 Å². The number of amides is 1. The molecule has 0 spiro atoms. The van der Waals surface area contributed by atoms with Crippen molar-refractivity contribution in [3.63, 3.8) is 0 Å². The molecule has 0 bridgehead atoms. The predicted octanol–water partition coefficient (Wildman–Crippen LogP) is 1.97. The number of nitrogens with zero attached hydrogens (tertiary/aromatic N) is 2. The van der Waals surface area contributed by atoms with E-state index in [1.54, 1.807) is 6.92 Å². The van der Waals surface area contributed by atoms with Gasteiger partial charge in [-0.2, -0.15) is 13.2 Å².